The van der Waals surface area contributed by atoms with Crippen molar-refractivity contribution in [2.45, 2.75) is 34.7 Å². The molecule has 2 aromatic carbocycles. The molecular weight excluding hydrogens is 457 g/mol. The molecule has 1 aliphatic rings. The smallest absolute Gasteiger partial charge is 0.406 e. The SMILES string of the molecule is C[C@H](CC(=O)Nc1ccc(OC(F)(F)F)cc1)S(=O)(=O)c1ccc2c(c1)NC(=O)CS2. The van der Waals surface area contributed by atoms with Crippen LogP contribution in [-0.4, -0.2) is 37.6 Å². The second-order valence-electron chi connectivity index (χ2n) is 6.67. The molecule has 31 heavy (non-hydrogen) atoms. The maximum atomic E-state index is 12.8. The molecule has 0 aliphatic carbocycles. The predicted octanol–water partition coefficient (Wildman–Crippen LogP) is 3.82. The van der Waals surface area contributed by atoms with E-state index in [1.165, 1.54) is 43.0 Å². The Morgan fingerprint density at radius 1 is 1.23 bits per heavy atom. The van der Waals surface area contributed by atoms with Crippen LogP contribution in [0.5, 0.6) is 5.75 Å². The molecule has 0 radical (unpaired) electrons. The number of alkyl halides is 3. The second kappa shape index (κ2) is 8.79. The van der Waals surface area contributed by atoms with Gasteiger partial charge < -0.3 is 15.4 Å². The average molecular weight is 474 g/mol. The number of ether oxygens (including phenoxy) is 1. The van der Waals surface area contributed by atoms with E-state index >= 15 is 0 Å². The highest BCUT2D eigenvalue weighted by Gasteiger charge is 2.31. The summed E-state index contributed by atoms with van der Waals surface area (Å²) in [5, 5.41) is 3.98. The van der Waals surface area contributed by atoms with Crippen LogP contribution in [0.3, 0.4) is 0 Å². The van der Waals surface area contributed by atoms with Crippen molar-refractivity contribution in [3.05, 3.63) is 42.5 Å². The number of anilines is 2. The van der Waals surface area contributed by atoms with Crippen LogP contribution in [0.4, 0.5) is 24.5 Å². The zero-order valence-corrected chi connectivity index (χ0v) is 17.7. The highest BCUT2D eigenvalue weighted by atomic mass is 32.2. The zero-order valence-electron chi connectivity index (χ0n) is 16.0. The van der Waals surface area contributed by atoms with Crippen molar-refractivity contribution in [3.63, 3.8) is 0 Å². The van der Waals surface area contributed by atoms with Crippen LogP contribution in [0.1, 0.15) is 13.3 Å². The van der Waals surface area contributed by atoms with Gasteiger partial charge in [-0.25, -0.2) is 8.42 Å². The van der Waals surface area contributed by atoms with E-state index in [9.17, 15) is 31.2 Å². The van der Waals surface area contributed by atoms with Gasteiger partial charge in [0.25, 0.3) is 0 Å². The number of carbonyl (C=O) groups excluding carboxylic acids is 2. The molecule has 7 nitrogen and oxygen atoms in total. The molecule has 2 N–H and O–H groups in total. The first-order valence-electron chi connectivity index (χ1n) is 8.90. The molecule has 12 heteroatoms. The van der Waals surface area contributed by atoms with E-state index in [-0.39, 0.29) is 28.7 Å². The normalized spacial score (nSPS) is 14.9. The fourth-order valence-corrected chi connectivity index (χ4v) is 4.96. The molecule has 0 saturated carbocycles. The third-order valence-corrected chi connectivity index (χ3v) is 7.50. The quantitative estimate of drug-likeness (QED) is 0.660. The molecule has 0 fully saturated rings. The summed E-state index contributed by atoms with van der Waals surface area (Å²) < 4.78 is 66.0. The number of rotatable bonds is 6. The van der Waals surface area contributed by atoms with Gasteiger partial charge in [0.1, 0.15) is 5.75 Å². The van der Waals surface area contributed by atoms with E-state index in [2.05, 4.69) is 15.4 Å². The molecule has 2 amide bonds. The third kappa shape index (κ3) is 5.91. The summed E-state index contributed by atoms with van der Waals surface area (Å²) in [5.74, 6) is -1.05. The highest BCUT2D eigenvalue weighted by Crippen LogP contribution is 2.34. The van der Waals surface area contributed by atoms with E-state index in [4.69, 9.17) is 0 Å². The highest BCUT2D eigenvalue weighted by molar-refractivity contribution is 8.00. The summed E-state index contributed by atoms with van der Waals surface area (Å²) in [6.07, 6.45) is -5.20. The van der Waals surface area contributed by atoms with Gasteiger partial charge in [0, 0.05) is 17.0 Å². The Balaban J connectivity index is 1.65. The molecule has 2 aromatic rings. The van der Waals surface area contributed by atoms with Crippen LogP contribution in [0, 0.1) is 0 Å². The number of sulfone groups is 1. The van der Waals surface area contributed by atoms with E-state index in [0.29, 0.717) is 5.69 Å². The number of hydrogen-bond donors (Lipinski definition) is 2. The summed E-state index contributed by atoms with van der Waals surface area (Å²) >= 11 is 1.30. The van der Waals surface area contributed by atoms with Crippen molar-refractivity contribution >= 4 is 44.8 Å². The third-order valence-electron chi connectivity index (χ3n) is 4.29. The number of halogens is 3. The van der Waals surface area contributed by atoms with Crippen molar-refractivity contribution in [2.75, 3.05) is 16.4 Å². The molecule has 0 aromatic heterocycles. The van der Waals surface area contributed by atoms with Crippen molar-refractivity contribution < 1.29 is 35.9 Å². The fraction of sp³-hybridized carbons (Fsp3) is 0.263. The molecule has 0 unspecified atom stereocenters. The number of benzene rings is 2. The standard InChI is InChI=1S/C19H17F3N2O5S2/c1-11(8-17(25)23-12-2-4-13(5-3-12)29-19(20,21)22)31(27,28)14-6-7-16-15(9-14)24-18(26)10-30-16/h2-7,9,11H,8,10H2,1H3,(H,23,25)(H,24,26)/t11-/m1/s1. The number of nitrogens with one attached hydrogen (secondary N) is 2. The van der Waals surface area contributed by atoms with Crippen LogP contribution >= 0.6 is 11.8 Å². The molecule has 1 atom stereocenters. The number of hydrogen-bond acceptors (Lipinski definition) is 6. The Kier molecular flexibility index (Phi) is 6.51. The van der Waals surface area contributed by atoms with E-state index in [1.54, 1.807) is 6.07 Å². The zero-order chi connectivity index (χ0) is 22.8. The first-order valence-corrected chi connectivity index (χ1v) is 11.4. The molecule has 0 bridgehead atoms. The summed E-state index contributed by atoms with van der Waals surface area (Å²) in [4.78, 5) is 24.5. The minimum Gasteiger partial charge on any atom is -0.406 e. The summed E-state index contributed by atoms with van der Waals surface area (Å²) in [5.41, 5.74) is 0.595. The Bertz CT molecular complexity index is 1100. The van der Waals surface area contributed by atoms with Gasteiger partial charge in [-0.3, -0.25) is 9.59 Å². The van der Waals surface area contributed by atoms with Gasteiger partial charge in [-0.1, -0.05) is 0 Å². The summed E-state index contributed by atoms with van der Waals surface area (Å²) in [7, 11) is -3.87. The van der Waals surface area contributed by atoms with Crippen LogP contribution in [0.2, 0.25) is 0 Å². The summed E-state index contributed by atoms with van der Waals surface area (Å²) in [6, 6.07) is 8.87. The first-order chi connectivity index (χ1) is 14.4. The molecule has 0 saturated heterocycles. The molecule has 1 aliphatic heterocycles. The number of carbonyl (C=O) groups is 2. The monoisotopic (exact) mass is 474 g/mol. The van der Waals surface area contributed by atoms with Crippen LogP contribution in [0.15, 0.2) is 52.3 Å². The lowest BCUT2D eigenvalue weighted by Gasteiger charge is -2.18. The van der Waals surface area contributed by atoms with Crippen LogP contribution in [0.25, 0.3) is 0 Å². The Hall–Kier alpha value is -2.73. The summed E-state index contributed by atoms with van der Waals surface area (Å²) in [6.45, 7) is 1.38. The second-order valence-corrected chi connectivity index (χ2v) is 10.1. The van der Waals surface area contributed by atoms with Gasteiger partial charge in [-0.2, -0.15) is 0 Å². The van der Waals surface area contributed by atoms with Crippen molar-refractivity contribution in [1.29, 1.82) is 0 Å². The van der Waals surface area contributed by atoms with Crippen molar-refractivity contribution in [3.8, 4) is 5.75 Å². The minimum atomic E-state index is -4.83. The number of amides is 2. The van der Waals surface area contributed by atoms with Gasteiger partial charge in [-0.15, -0.1) is 24.9 Å². The van der Waals surface area contributed by atoms with Crippen LogP contribution < -0.4 is 15.4 Å². The maximum Gasteiger partial charge on any atom is 0.573 e. The van der Waals surface area contributed by atoms with Crippen LogP contribution in [-0.2, 0) is 19.4 Å². The Morgan fingerprint density at radius 2 is 1.90 bits per heavy atom. The molecule has 166 valence electrons. The number of thioether (sulfide) groups is 1. The average Bonchev–Trinajstić information content (AvgIpc) is 2.67. The van der Waals surface area contributed by atoms with Gasteiger partial charge >= 0.3 is 6.36 Å². The van der Waals surface area contributed by atoms with E-state index in [0.717, 1.165) is 17.0 Å². The fourth-order valence-electron chi connectivity index (χ4n) is 2.79. The molecule has 1 heterocycles. The van der Waals surface area contributed by atoms with Gasteiger partial charge in [-0.05, 0) is 49.4 Å². The first kappa shape index (κ1) is 22.9. The Morgan fingerprint density at radius 3 is 2.55 bits per heavy atom. The predicted molar refractivity (Wildman–Crippen MR) is 109 cm³/mol. The van der Waals surface area contributed by atoms with E-state index < -0.39 is 33.1 Å². The maximum absolute atomic E-state index is 12.8. The van der Waals surface area contributed by atoms with E-state index in [1.807, 2.05) is 0 Å². The van der Waals surface area contributed by atoms with Gasteiger partial charge in [0.15, 0.2) is 9.84 Å². The van der Waals surface area contributed by atoms with Gasteiger partial charge in [0.05, 0.1) is 21.6 Å². The van der Waals surface area contributed by atoms with Crippen molar-refractivity contribution in [2.24, 2.45) is 0 Å². The molecule has 0 spiro atoms. The number of fused-ring (bicyclic) bond motifs is 1. The lowest BCUT2D eigenvalue weighted by molar-refractivity contribution is -0.274. The van der Waals surface area contributed by atoms with Gasteiger partial charge in [0.2, 0.25) is 11.8 Å². The lowest BCUT2D eigenvalue weighted by Crippen LogP contribution is -2.25. The minimum absolute atomic E-state index is 0.0250. The molecular formula is C19H17F3N2O5S2. The lowest BCUT2D eigenvalue weighted by atomic mass is 10.2. The molecule has 3 rings (SSSR count). The van der Waals surface area contributed by atoms with Crippen molar-refractivity contribution in [1.82, 2.24) is 0 Å². The Labute approximate surface area is 180 Å². The largest absolute Gasteiger partial charge is 0.573 e. The topological polar surface area (TPSA) is 102 Å².